The van der Waals surface area contributed by atoms with Crippen molar-refractivity contribution in [2.75, 3.05) is 20.3 Å². The fourth-order valence-corrected chi connectivity index (χ4v) is 2.90. The minimum absolute atomic E-state index is 0.0863. The maximum Gasteiger partial charge on any atom is 0.324 e. The molecule has 1 aromatic heterocycles. The molecule has 0 saturated carbocycles. The summed E-state index contributed by atoms with van der Waals surface area (Å²) >= 11 is 0. The van der Waals surface area contributed by atoms with Crippen LogP contribution in [0.5, 0.6) is 11.5 Å². The van der Waals surface area contributed by atoms with Crippen molar-refractivity contribution in [2.45, 2.75) is 32.4 Å². The molecule has 0 spiro atoms. The summed E-state index contributed by atoms with van der Waals surface area (Å²) in [5, 5.41) is 19.7. The lowest BCUT2D eigenvalue weighted by Crippen LogP contribution is -2.35. The second-order valence-corrected chi connectivity index (χ2v) is 6.81. The number of methoxy groups -OCH3 is 1. The predicted molar refractivity (Wildman–Crippen MR) is 101 cm³/mol. The molecule has 10 heteroatoms. The van der Waals surface area contributed by atoms with Gasteiger partial charge >= 0.3 is 6.03 Å². The predicted octanol–water partition coefficient (Wildman–Crippen LogP) is 1.28. The van der Waals surface area contributed by atoms with Crippen LogP contribution in [0, 0.1) is 11.3 Å². The molecule has 3 amide bonds. The van der Waals surface area contributed by atoms with E-state index in [1.807, 2.05) is 19.9 Å². The molecular weight excluding hydrogens is 376 g/mol. The van der Waals surface area contributed by atoms with Gasteiger partial charge in [0.15, 0.2) is 11.5 Å². The average molecular weight is 398 g/mol. The van der Waals surface area contributed by atoms with Gasteiger partial charge in [-0.25, -0.2) is 9.48 Å². The molecule has 0 radical (unpaired) electrons. The third kappa shape index (κ3) is 4.45. The van der Waals surface area contributed by atoms with E-state index in [0.29, 0.717) is 22.8 Å². The van der Waals surface area contributed by atoms with Gasteiger partial charge in [-0.15, -0.1) is 5.10 Å². The van der Waals surface area contributed by atoms with Crippen LogP contribution < -0.4 is 14.8 Å². The van der Waals surface area contributed by atoms with Crippen molar-refractivity contribution in [3.05, 3.63) is 35.7 Å². The van der Waals surface area contributed by atoms with Crippen LogP contribution in [0.2, 0.25) is 0 Å². The molecule has 10 nitrogen and oxygen atoms in total. The van der Waals surface area contributed by atoms with Crippen LogP contribution in [0.15, 0.2) is 24.4 Å². The van der Waals surface area contributed by atoms with Gasteiger partial charge in [0.1, 0.15) is 12.6 Å². The van der Waals surface area contributed by atoms with Crippen LogP contribution in [0.1, 0.15) is 31.1 Å². The lowest BCUT2D eigenvalue weighted by atomic mass is 10.1. The summed E-state index contributed by atoms with van der Waals surface area (Å²) in [6, 6.07) is 5.82. The Balaban J connectivity index is 1.57. The SMILES string of the molecule is COc1cc(C#N)ccc1OCCN1C(=O)NC(Cc2cn(C(C)C)nn2)C1=O. The summed E-state index contributed by atoms with van der Waals surface area (Å²) in [5.74, 6) is 0.511. The van der Waals surface area contributed by atoms with Crippen LogP contribution in [0.3, 0.4) is 0 Å². The van der Waals surface area contributed by atoms with Crippen molar-refractivity contribution in [3.8, 4) is 17.6 Å². The second-order valence-electron chi connectivity index (χ2n) is 6.81. The van der Waals surface area contributed by atoms with Gasteiger partial charge in [-0.05, 0) is 26.0 Å². The molecule has 2 aromatic rings. The van der Waals surface area contributed by atoms with E-state index in [0.717, 1.165) is 4.90 Å². The number of nitrogens with one attached hydrogen (secondary N) is 1. The van der Waals surface area contributed by atoms with E-state index in [4.69, 9.17) is 14.7 Å². The molecule has 1 aromatic carbocycles. The minimum Gasteiger partial charge on any atom is -0.493 e. The Bertz CT molecular complexity index is 948. The van der Waals surface area contributed by atoms with Gasteiger partial charge in [0.05, 0.1) is 31.0 Å². The first kappa shape index (κ1) is 20.1. The van der Waals surface area contributed by atoms with Crippen molar-refractivity contribution in [3.63, 3.8) is 0 Å². The van der Waals surface area contributed by atoms with Gasteiger partial charge < -0.3 is 14.8 Å². The Morgan fingerprint density at radius 2 is 2.10 bits per heavy atom. The van der Waals surface area contributed by atoms with Crippen LogP contribution in [0.4, 0.5) is 4.79 Å². The van der Waals surface area contributed by atoms with Crippen LogP contribution >= 0.6 is 0 Å². The zero-order valence-corrected chi connectivity index (χ0v) is 16.5. The molecule has 1 aliphatic rings. The summed E-state index contributed by atoms with van der Waals surface area (Å²) < 4.78 is 12.5. The van der Waals surface area contributed by atoms with Gasteiger partial charge in [-0.1, -0.05) is 5.21 Å². The Morgan fingerprint density at radius 1 is 1.31 bits per heavy atom. The summed E-state index contributed by atoms with van der Waals surface area (Å²) in [5.41, 5.74) is 1.08. The van der Waals surface area contributed by atoms with E-state index < -0.39 is 12.1 Å². The fraction of sp³-hybridized carbons (Fsp3) is 0.421. The molecule has 2 heterocycles. The molecular formula is C19H22N6O4. The number of amides is 3. The number of nitriles is 1. The fourth-order valence-electron chi connectivity index (χ4n) is 2.90. The van der Waals surface area contributed by atoms with E-state index >= 15 is 0 Å². The van der Waals surface area contributed by atoms with Gasteiger partial charge in [-0.2, -0.15) is 5.26 Å². The molecule has 1 unspecified atom stereocenters. The van der Waals surface area contributed by atoms with E-state index in [1.165, 1.54) is 7.11 Å². The van der Waals surface area contributed by atoms with Crippen molar-refractivity contribution in [2.24, 2.45) is 0 Å². The second kappa shape index (κ2) is 8.60. The molecule has 29 heavy (non-hydrogen) atoms. The zero-order chi connectivity index (χ0) is 21.0. The van der Waals surface area contributed by atoms with Gasteiger partial charge in [0.2, 0.25) is 0 Å². The highest BCUT2D eigenvalue weighted by atomic mass is 16.5. The molecule has 1 N–H and O–H groups in total. The summed E-state index contributed by atoms with van der Waals surface area (Å²) in [4.78, 5) is 25.9. The number of aromatic nitrogens is 3. The first-order chi connectivity index (χ1) is 13.9. The molecule has 152 valence electrons. The third-order valence-electron chi connectivity index (χ3n) is 4.47. The highest BCUT2D eigenvalue weighted by Crippen LogP contribution is 2.27. The minimum atomic E-state index is -0.677. The van der Waals surface area contributed by atoms with Gasteiger partial charge in [0.25, 0.3) is 5.91 Å². The van der Waals surface area contributed by atoms with E-state index in [9.17, 15) is 9.59 Å². The van der Waals surface area contributed by atoms with E-state index in [2.05, 4.69) is 15.6 Å². The number of urea groups is 1. The number of imide groups is 1. The Kier molecular flexibility index (Phi) is 5.97. The summed E-state index contributed by atoms with van der Waals surface area (Å²) in [6.07, 6.45) is 2.05. The van der Waals surface area contributed by atoms with Crippen molar-refractivity contribution in [1.29, 1.82) is 5.26 Å². The number of rotatable bonds is 8. The van der Waals surface area contributed by atoms with Crippen LogP contribution in [-0.4, -0.2) is 58.1 Å². The standard InChI is InChI=1S/C19H22N6O4/c1-12(2)25-11-14(22-23-25)9-15-18(26)24(19(27)21-15)6-7-29-16-5-4-13(10-20)8-17(16)28-3/h4-5,8,11-12,15H,6-7,9H2,1-3H3,(H,21,27). The molecule has 3 rings (SSSR count). The van der Waals surface area contributed by atoms with Gasteiger partial charge in [-0.3, -0.25) is 9.69 Å². The van der Waals surface area contributed by atoms with Gasteiger partial charge in [0, 0.05) is 24.7 Å². The quantitative estimate of drug-likeness (QED) is 0.665. The van der Waals surface area contributed by atoms with Crippen molar-refractivity contribution in [1.82, 2.24) is 25.2 Å². The number of hydrogen-bond donors (Lipinski definition) is 1. The molecule has 1 atom stereocenters. The molecule has 1 aliphatic heterocycles. The Hall–Kier alpha value is -3.61. The smallest absolute Gasteiger partial charge is 0.324 e. The number of carbonyl (C=O) groups is 2. The first-order valence-electron chi connectivity index (χ1n) is 9.16. The third-order valence-corrected chi connectivity index (χ3v) is 4.47. The Labute approximate surface area is 168 Å². The summed E-state index contributed by atoms with van der Waals surface area (Å²) in [6.45, 7) is 4.14. The maximum atomic E-state index is 12.6. The number of ether oxygens (including phenoxy) is 2. The Morgan fingerprint density at radius 3 is 2.76 bits per heavy atom. The molecule has 0 bridgehead atoms. The average Bonchev–Trinajstić information content (AvgIpc) is 3.28. The molecule has 0 aliphatic carbocycles. The lowest BCUT2D eigenvalue weighted by molar-refractivity contribution is -0.127. The number of hydrogen-bond acceptors (Lipinski definition) is 7. The van der Waals surface area contributed by atoms with Crippen molar-refractivity contribution >= 4 is 11.9 Å². The lowest BCUT2D eigenvalue weighted by Gasteiger charge is -2.15. The summed E-state index contributed by atoms with van der Waals surface area (Å²) in [7, 11) is 1.47. The normalized spacial score (nSPS) is 16.1. The molecule has 1 saturated heterocycles. The van der Waals surface area contributed by atoms with Crippen LogP contribution in [0.25, 0.3) is 0 Å². The monoisotopic (exact) mass is 398 g/mol. The largest absolute Gasteiger partial charge is 0.493 e. The maximum absolute atomic E-state index is 12.6. The van der Waals surface area contributed by atoms with E-state index in [1.54, 1.807) is 29.1 Å². The van der Waals surface area contributed by atoms with E-state index in [-0.39, 0.29) is 31.5 Å². The van der Waals surface area contributed by atoms with Crippen molar-refractivity contribution < 1.29 is 19.1 Å². The zero-order valence-electron chi connectivity index (χ0n) is 16.5. The number of benzene rings is 1. The topological polar surface area (TPSA) is 122 Å². The van der Waals surface area contributed by atoms with Crippen LogP contribution in [-0.2, 0) is 11.2 Å². The number of nitrogens with zero attached hydrogens (tertiary/aromatic N) is 5. The highest BCUT2D eigenvalue weighted by Gasteiger charge is 2.38. The molecule has 1 fully saturated rings. The first-order valence-corrected chi connectivity index (χ1v) is 9.16. The highest BCUT2D eigenvalue weighted by molar-refractivity contribution is 6.04. The number of carbonyl (C=O) groups excluding carboxylic acids is 2.